The van der Waals surface area contributed by atoms with Crippen molar-refractivity contribution in [2.75, 3.05) is 18.1 Å². The fourth-order valence-electron chi connectivity index (χ4n) is 4.30. The van der Waals surface area contributed by atoms with E-state index in [1.807, 2.05) is 53.1 Å². The topological polar surface area (TPSA) is 98.5 Å². The number of aromatic nitrogens is 2. The summed E-state index contributed by atoms with van der Waals surface area (Å²) in [6.07, 6.45) is 1.69. The molecule has 4 rings (SSSR count). The van der Waals surface area contributed by atoms with E-state index in [9.17, 15) is 18.3 Å². The number of aliphatic hydroxyl groups is 1. The van der Waals surface area contributed by atoms with E-state index in [2.05, 4.69) is 0 Å². The van der Waals surface area contributed by atoms with Crippen LogP contribution < -0.4 is 4.74 Å². The molecule has 2 atom stereocenters. The first-order chi connectivity index (χ1) is 15.8. The number of aliphatic hydroxyl groups excluding tert-OH is 1. The van der Waals surface area contributed by atoms with E-state index in [0.717, 1.165) is 22.4 Å². The van der Waals surface area contributed by atoms with Gasteiger partial charge in [0, 0.05) is 12.8 Å². The lowest BCUT2D eigenvalue weighted by Crippen LogP contribution is -2.25. The Morgan fingerprint density at radius 2 is 1.97 bits per heavy atom. The number of para-hydroxylation sites is 2. The lowest BCUT2D eigenvalue weighted by atomic mass is 10.1. The predicted molar refractivity (Wildman–Crippen MR) is 127 cm³/mol. The molecule has 176 valence electrons. The molecule has 1 N–H and O–H groups in total. The first-order valence-corrected chi connectivity index (χ1v) is 13.1. The van der Waals surface area contributed by atoms with Crippen LogP contribution in [0.5, 0.6) is 5.75 Å². The Kier molecular flexibility index (Phi) is 7.14. The van der Waals surface area contributed by atoms with E-state index in [1.54, 1.807) is 6.92 Å². The number of hydrogen-bond donors (Lipinski definition) is 1. The van der Waals surface area contributed by atoms with E-state index < -0.39 is 15.9 Å². The summed E-state index contributed by atoms with van der Waals surface area (Å²) in [4.78, 5) is 15.9. The van der Waals surface area contributed by atoms with Crippen LogP contribution in [0.1, 0.15) is 31.2 Å². The first kappa shape index (κ1) is 23.4. The Morgan fingerprint density at radius 1 is 1.21 bits per heavy atom. The number of carbonyl (C=O) groups excluding carboxylic acids is 1. The summed E-state index contributed by atoms with van der Waals surface area (Å²) in [5, 5.41) is 10.7. The average molecular weight is 471 g/mol. The van der Waals surface area contributed by atoms with Crippen molar-refractivity contribution >= 4 is 26.7 Å². The van der Waals surface area contributed by atoms with Crippen molar-refractivity contribution in [3.8, 4) is 5.75 Å². The van der Waals surface area contributed by atoms with Gasteiger partial charge in [0.2, 0.25) is 0 Å². The van der Waals surface area contributed by atoms with E-state index in [-0.39, 0.29) is 29.8 Å². The number of sulfone groups is 1. The van der Waals surface area contributed by atoms with Gasteiger partial charge in [0.25, 0.3) is 0 Å². The molecular weight excluding hydrogens is 440 g/mol. The molecule has 33 heavy (non-hydrogen) atoms. The van der Waals surface area contributed by atoms with Crippen LogP contribution in [0.15, 0.2) is 48.5 Å². The van der Waals surface area contributed by atoms with Crippen molar-refractivity contribution in [3.63, 3.8) is 0 Å². The predicted octanol–water partition coefficient (Wildman–Crippen LogP) is 2.98. The summed E-state index contributed by atoms with van der Waals surface area (Å²) in [6.45, 7) is 2.02. The number of carbonyl (C=O) groups is 1. The van der Waals surface area contributed by atoms with Crippen LogP contribution in [-0.2, 0) is 34.0 Å². The van der Waals surface area contributed by atoms with E-state index in [0.29, 0.717) is 38.0 Å². The number of nitrogens with zero attached hydrogens (tertiary/aromatic N) is 2. The van der Waals surface area contributed by atoms with Crippen LogP contribution in [0.2, 0.25) is 0 Å². The first-order valence-electron chi connectivity index (χ1n) is 11.3. The number of fused-ring (bicyclic) bond motifs is 1. The number of hydrogen-bond acceptors (Lipinski definition) is 6. The Hall–Kier alpha value is -2.71. The zero-order valence-corrected chi connectivity index (χ0v) is 19.6. The zero-order valence-electron chi connectivity index (χ0n) is 18.8. The normalized spacial score (nSPS) is 18.4. The van der Waals surface area contributed by atoms with Gasteiger partial charge in [0.05, 0.1) is 29.1 Å². The number of aryl methyl sites for hydroxylation is 1. The Balaban J connectivity index is 1.41. The SMILES string of the molecule is CC(=O)CCc1ccc(OC[C@@H](O)Cn2c(C[C@H]3CCS(=O)(=O)C3)nc3ccccc32)cc1. The van der Waals surface area contributed by atoms with Gasteiger partial charge in [0.1, 0.15) is 30.1 Å². The van der Waals surface area contributed by atoms with Crippen LogP contribution in [0.4, 0.5) is 0 Å². The molecule has 0 spiro atoms. The second-order valence-electron chi connectivity index (χ2n) is 8.91. The lowest BCUT2D eigenvalue weighted by Gasteiger charge is -2.17. The molecule has 0 aliphatic carbocycles. The highest BCUT2D eigenvalue weighted by molar-refractivity contribution is 7.91. The van der Waals surface area contributed by atoms with Crippen molar-refractivity contribution < 1.29 is 23.1 Å². The molecule has 3 aromatic rings. The highest BCUT2D eigenvalue weighted by Gasteiger charge is 2.29. The Bertz CT molecular complexity index is 1220. The van der Waals surface area contributed by atoms with Gasteiger partial charge in [-0.15, -0.1) is 0 Å². The fraction of sp³-hybridized carbons (Fsp3) is 0.440. The molecule has 1 aromatic heterocycles. The van der Waals surface area contributed by atoms with Crippen LogP contribution in [0.25, 0.3) is 11.0 Å². The molecule has 8 heteroatoms. The van der Waals surface area contributed by atoms with Crippen LogP contribution in [-0.4, -0.2) is 53.1 Å². The molecule has 0 unspecified atom stereocenters. The van der Waals surface area contributed by atoms with Gasteiger partial charge >= 0.3 is 0 Å². The quantitative estimate of drug-likeness (QED) is 0.489. The molecule has 1 aliphatic rings. The number of ether oxygens (including phenoxy) is 1. The summed E-state index contributed by atoms with van der Waals surface area (Å²) < 4.78 is 31.5. The summed E-state index contributed by atoms with van der Waals surface area (Å²) in [5.74, 6) is 2.12. The van der Waals surface area contributed by atoms with Gasteiger partial charge in [0.15, 0.2) is 9.84 Å². The van der Waals surface area contributed by atoms with Gasteiger partial charge in [-0.25, -0.2) is 13.4 Å². The largest absolute Gasteiger partial charge is 0.491 e. The minimum Gasteiger partial charge on any atom is -0.491 e. The molecule has 0 radical (unpaired) electrons. The highest BCUT2D eigenvalue weighted by atomic mass is 32.2. The van der Waals surface area contributed by atoms with Gasteiger partial charge in [-0.2, -0.15) is 0 Å². The fourth-order valence-corrected chi connectivity index (χ4v) is 6.17. The van der Waals surface area contributed by atoms with Crippen molar-refractivity contribution in [2.45, 2.75) is 45.3 Å². The number of Topliss-reactive ketones (excluding diaryl/α,β-unsaturated/α-hetero) is 1. The maximum Gasteiger partial charge on any atom is 0.150 e. The molecule has 7 nitrogen and oxygen atoms in total. The third-order valence-electron chi connectivity index (χ3n) is 6.06. The zero-order chi connectivity index (χ0) is 23.4. The molecule has 1 saturated heterocycles. The summed E-state index contributed by atoms with van der Waals surface area (Å²) in [7, 11) is -2.96. The minimum absolute atomic E-state index is 0.0560. The van der Waals surface area contributed by atoms with Crippen molar-refractivity contribution in [1.29, 1.82) is 0 Å². The maximum atomic E-state index is 11.9. The lowest BCUT2D eigenvalue weighted by molar-refractivity contribution is -0.116. The Labute approximate surface area is 194 Å². The van der Waals surface area contributed by atoms with Crippen molar-refractivity contribution in [1.82, 2.24) is 9.55 Å². The highest BCUT2D eigenvalue weighted by Crippen LogP contribution is 2.25. The molecule has 2 heterocycles. The van der Waals surface area contributed by atoms with E-state index in [4.69, 9.17) is 9.72 Å². The number of benzene rings is 2. The van der Waals surface area contributed by atoms with E-state index in [1.165, 1.54) is 0 Å². The smallest absolute Gasteiger partial charge is 0.150 e. The molecule has 2 aromatic carbocycles. The Morgan fingerprint density at radius 3 is 2.67 bits per heavy atom. The second-order valence-corrected chi connectivity index (χ2v) is 11.1. The molecule has 0 amide bonds. The maximum absolute atomic E-state index is 11.9. The number of imidazole rings is 1. The van der Waals surface area contributed by atoms with Gasteiger partial charge < -0.3 is 19.2 Å². The molecule has 1 fully saturated rings. The number of rotatable bonds is 10. The monoisotopic (exact) mass is 470 g/mol. The standard InChI is InChI=1S/C25H30N2O5S/c1-18(28)6-7-19-8-10-22(11-9-19)32-16-21(29)15-27-24-5-3-2-4-23(24)26-25(27)14-20-12-13-33(30,31)17-20/h2-5,8-11,20-21,29H,6-7,12-17H2,1H3/t20-,21+/m1/s1. The third-order valence-corrected chi connectivity index (χ3v) is 7.89. The van der Waals surface area contributed by atoms with Crippen LogP contribution >= 0.6 is 0 Å². The summed E-state index contributed by atoms with van der Waals surface area (Å²) in [6, 6.07) is 15.3. The summed E-state index contributed by atoms with van der Waals surface area (Å²) in [5.41, 5.74) is 2.83. The van der Waals surface area contributed by atoms with Crippen LogP contribution in [0.3, 0.4) is 0 Å². The van der Waals surface area contributed by atoms with E-state index >= 15 is 0 Å². The van der Waals surface area contributed by atoms with Crippen molar-refractivity contribution in [2.24, 2.45) is 5.92 Å². The van der Waals surface area contributed by atoms with Gasteiger partial charge in [-0.05, 0) is 55.5 Å². The third kappa shape index (κ3) is 6.21. The molecule has 0 bridgehead atoms. The minimum atomic E-state index is -2.96. The molecular formula is C25H30N2O5S. The molecule has 0 saturated carbocycles. The summed E-state index contributed by atoms with van der Waals surface area (Å²) >= 11 is 0. The average Bonchev–Trinajstić information content (AvgIpc) is 3.30. The van der Waals surface area contributed by atoms with Crippen molar-refractivity contribution in [3.05, 3.63) is 59.9 Å². The molecule has 1 aliphatic heterocycles. The van der Waals surface area contributed by atoms with Gasteiger partial charge in [-0.1, -0.05) is 24.3 Å². The van der Waals surface area contributed by atoms with Gasteiger partial charge in [-0.3, -0.25) is 0 Å². The van der Waals surface area contributed by atoms with Crippen LogP contribution in [0, 0.1) is 5.92 Å². The second kappa shape index (κ2) is 10.1. The number of ketones is 1.